The molecule has 0 bridgehead atoms. The molecule has 2 rings (SSSR count). The Labute approximate surface area is 164 Å². The number of sulfone groups is 1. The molecule has 0 radical (unpaired) electrons. The van der Waals surface area contributed by atoms with Gasteiger partial charge >= 0.3 is 0 Å². The van der Waals surface area contributed by atoms with Crippen LogP contribution in [0, 0.1) is 5.92 Å². The van der Waals surface area contributed by atoms with Crippen LogP contribution in [-0.2, 0) is 14.6 Å². The largest absolute Gasteiger partial charge is 0.396 e. The van der Waals surface area contributed by atoms with Gasteiger partial charge in [0.05, 0.1) is 22.1 Å². The summed E-state index contributed by atoms with van der Waals surface area (Å²) in [5.41, 5.74) is 0.848. The van der Waals surface area contributed by atoms with Gasteiger partial charge in [-0.1, -0.05) is 6.92 Å². The Morgan fingerprint density at radius 2 is 2.15 bits per heavy atom. The third-order valence-electron chi connectivity index (χ3n) is 4.18. The quantitative estimate of drug-likeness (QED) is 0.569. The van der Waals surface area contributed by atoms with Crippen LogP contribution in [-0.4, -0.2) is 75.5 Å². The van der Waals surface area contributed by atoms with Gasteiger partial charge in [0.1, 0.15) is 9.84 Å². The zero-order valence-corrected chi connectivity index (χ0v) is 17.8. The van der Waals surface area contributed by atoms with Crippen molar-refractivity contribution in [2.45, 2.75) is 19.4 Å². The second-order valence-corrected chi connectivity index (χ2v) is 10.0. The Kier molecular flexibility index (Phi) is 7.78. The summed E-state index contributed by atoms with van der Waals surface area (Å²) in [5.74, 6) is 1.49. The summed E-state index contributed by atoms with van der Waals surface area (Å²) in [6.45, 7) is 3.18. The van der Waals surface area contributed by atoms with Gasteiger partial charge in [-0.25, -0.2) is 13.4 Å². The molecule has 0 amide bonds. The highest BCUT2D eigenvalue weighted by molar-refractivity contribution is 7.90. The maximum Gasteiger partial charge on any atom is 0.225 e. The Morgan fingerprint density at radius 1 is 1.41 bits per heavy atom. The molecular formula is C17H28N4O4S2. The van der Waals surface area contributed by atoms with Crippen LogP contribution in [0.2, 0.25) is 0 Å². The first kappa shape index (κ1) is 21.8. The average Bonchev–Trinajstić information content (AvgIpc) is 3.08. The summed E-state index contributed by atoms with van der Waals surface area (Å²) < 4.78 is 29.1. The van der Waals surface area contributed by atoms with Crippen LogP contribution in [0.1, 0.15) is 13.3 Å². The van der Waals surface area contributed by atoms with Gasteiger partial charge in [0.15, 0.2) is 5.82 Å². The fourth-order valence-electron chi connectivity index (χ4n) is 2.65. The van der Waals surface area contributed by atoms with Crippen molar-refractivity contribution in [2.24, 2.45) is 5.92 Å². The van der Waals surface area contributed by atoms with Crippen molar-refractivity contribution in [3.63, 3.8) is 0 Å². The Balaban J connectivity index is 2.14. The second kappa shape index (κ2) is 9.63. The summed E-state index contributed by atoms with van der Waals surface area (Å²) >= 11 is 1.58. The van der Waals surface area contributed by atoms with Gasteiger partial charge in [-0.15, -0.1) is 11.3 Å². The van der Waals surface area contributed by atoms with E-state index in [2.05, 4.69) is 15.3 Å². The summed E-state index contributed by atoms with van der Waals surface area (Å²) in [6.07, 6.45) is 1.37. The molecule has 0 fully saturated rings. The average molecular weight is 417 g/mol. The highest BCUT2D eigenvalue weighted by Crippen LogP contribution is 2.29. The molecule has 0 aromatic carbocycles. The minimum atomic E-state index is -3.03. The Bertz CT molecular complexity index is 841. The highest BCUT2D eigenvalue weighted by atomic mass is 32.2. The predicted octanol–water partition coefficient (Wildman–Crippen LogP) is 1.62. The molecule has 8 nitrogen and oxygen atoms in total. The molecular weight excluding hydrogens is 388 g/mol. The number of aliphatic hydroxyl groups excluding tert-OH is 1. The van der Waals surface area contributed by atoms with E-state index < -0.39 is 9.84 Å². The number of aliphatic hydroxyl groups is 1. The third-order valence-corrected chi connectivity index (χ3v) is 6.05. The third kappa shape index (κ3) is 6.56. The van der Waals surface area contributed by atoms with E-state index in [1.165, 1.54) is 6.26 Å². The van der Waals surface area contributed by atoms with Gasteiger partial charge in [-0.2, -0.15) is 4.98 Å². The molecule has 0 saturated carbocycles. The van der Waals surface area contributed by atoms with Crippen molar-refractivity contribution in [1.29, 1.82) is 0 Å². The van der Waals surface area contributed by atoms with Gasteiger partial charge in [0.25, 0.3) is 0 Å². The molecule has 0 spiro atoms. The molecule has 2 unspecified atom stereocenters. The van der Waals surface area contributed by atoms with Crippen LogP contribution in [0.5, 0.6) is 0 Å². The van der Waals surface area contributed by atoms with Crippen molar-refractivity contribution in [1.82, 2.24) is 9.97 Å². The summed E-state index contributed by atoms with van der Waals surface area (Å²) in [6, 6.07) is 1.94. The number of nitrogens with one attached hydrogen (secondary N) is 1. The van der Waals surface area contributed by atoms with Crippen molar-refractivity contribution in [2.75, 3.05) is 56.1 Å². The van der Waals surface area contributed by atoms with E-state index in [4.69, 9.17) is 4.74 Å². The lowest BCUT2D eigenvalue weighted by Crippen LogP contribution is -2.28. The van der Waals surface area contributed by atoms with Crippen LogP contribution < -0.4 is 10.2 Å². The number of thiophene rings is 1. The summed E-state index contributed by atoms with van der Waals surface area (Å²) in [5, 5.41) is 14.4. The number of anilines is 2. The first-order valence-electron chi connectivity index (χ1n) is 8.75. The first-order chi connectivity index (χ1) is 12.7. The number of nitrogens with zero attached hydrogens (tertiary/aromatic N) is 3. The minimum Gasteiger partial charge on any atom is -0.396 e. The van der Waals surface area contributed by atoms with E-state index in [9.17, 15) is 13.5 Å². The van der Waals surface area contributed by atoms with Gasteiger partial charge < -0.3 is 20.1 Å². The Hall–Kier alpha value is -1.49. The first-order valence-corrected chi connectivity index (χ1v) is 11.7. The van der Waals surface area contributed by atoms with Crippen molar-refractivity contribution < 1.29 is 18.3 Å². The molecule has 2 aromatic rings. The van der Waals surface area contributed by atoms with E-state index in [-0.39, 0.29) is 24.4 Å². The number of hydrogen-bond donors (Lipinski definition) is 2. The zero-order chi connectivity index (χ0) is 20.0. The monoisotopic (exact) mass is 416 g/mol. The number of aromatic nitrogens is 2. The minimum absolute atomic E-state index is 0.0741. The van der Waals surface area contributed by atoms with Crippen LogP contribution in [0.4, 0.5) is 11.8 Å². The second-order valence-electron chi connectivity index (χ2n) is 6.83. The summed E-state index contributed by atoms with van der Waals surface area (Å²) in [4.78, 5) is 11.2. The van der Waals surface area contributed by atoms with Crippen LogP contribution in [0.25, 0.3) is 10.2 Å². The molecule has 0 aliphatic heterocycles. The number of ether oxygens (including phenoxy) is 1. The van der Waals surface area contributed by atoms with Crippen LogP contribution in [0.15, 0.2) is 11.4 Å². The molecule has 2 atom stereocenters. The smallest absolute Gasteiger partial charge is 0.225 e. The van der Waals surface area contributed by atoms with Crippen molar-refractivity contribution >= 4 is 43.2 Å². The number of fused-ring (bicyclic) bond motifs is 1. The number of hydrogen-bond acceptors (Lipinski definition) is 9. The highest BCUT2D eigenvalue weighted by Gasteiger charge is 2.16. The van der Waals surface area contributed by atoms with Crippen LogP contribution >= 0.6 is 11.3 Å². The van der Waals surface area contributed by atoms with E-state index >= 15 is 0 Å². The van der Waals surface area contributed by atoms with E-state index in [0.29, 0.717) is 25.5 Å². The van der Waals surface area contributed by atoms with Crippen molar-refractivity contribution in [3.05, 3.63) is 11.4 Å². The SMILES string of the molecule is COC(CCS(C)(=O)=O)CNc1nc(N(C)CC(C)CO)c2sccc2n1. The molecule has 2 heterocycles. The number of methoxy groups -OCH3 is 1. The van der Waals surface area contributed by atoms with Gasteiger partial charge in [0, 0.05) is 40.1 Å². The number of rotatable bonds is 11. The zero-order valence-electron chi connectivity index (χ0n) is 16.2. The standard InChI is InChI=1S/C17H28N4O4S2/c1-12(11-22)10-21(2)16-15-14(5-7-26-15)19-17(20-16)18-9-13(25-3)6-8-27(4,23)24/h5,7,12-13,22H,6,8-11H2,1-4H3,(H,18,19,20). The lowest BCUT2D eigenvalue weighted by molar-refractivity contribution is 0.110. The fourth-order valence-corrected chi connectivity index (χ4v) is 4.22. The fraction of sp³-hybridized carbons (Fsp3) is 0.647. The molecule has 0 aliphatic rings. The molecule has 0 aliphatic carbocycles. The van der Waals surface area contributed by atoms with Gasteiger partial charge in [0.2, 0.25) is 5.95 Å². The molecule has 2 N–H and O–H groups in total. The molecule has 27 heavy (non-hydrogen) atoms. The maximum absolute atomic E-state index is 11.4. The van der Waals surface area contributed by atoms with E-state index in [1.807, 2.05) is 30.3 Å². The molecule has 10 heteroatoms. The lowest BCUT2D eigenvalue weighted by atomic mass is 10.2. The van der Waals surface area contributed by atoms with Gasteiger partial charge in [-0.3, -0.25) is 0 Å². The predicted molar refractivity (Wildman–Crippen MR) is 111 cm³/mol. The van der Waals surface area contributed by atoms with Crippen molar-refractivity contribution in [3.8, 4) is 0 Å². The summed E-state index contributed by atoms with van der Waals surface area (Å²) in [7, 11) is 0.478. The Morgan fingerprint density at radius 3 is 2.78 bits per heavy atom. The lowest BCUT2D eigenvalue weighted by Gasteiger charge is -2.22. The molecule has 2 aromatic heterocycles. The normalized spacial score (nSPS) is 14.3. The van der Waals surface area contributed by atoms with Crippen LogP contribution in [0.3, 0.4) is 0 Å². The van der Waals surface area contributed by atoms with Gasteiger partial charge in [-0.05, 0) is 23.8 Å². The maximum atomic E-state index is 11.4. The molecule has 0 saturated heterocycles. The van der Waals surface area contributed by atoms with E-state index in [0.717, 1.165) is 16.0 Å². The molecule has 152 valence electrons. The topological polar surface area (TPSA) is 105 Å². The van der Waals surface area contributed by atoms with E-state index in [1.54, 1.807) is 18.4 Å².